The van der Waals surface area contributed by atoms with E-state index >= 15 is 0 Å². The maximum Gasteiger partial charge on any atom is 0.472 e. The molecule has 1 fully saturated rings. The predicted molar refractivity (Wildman–Crippen MR) is 75.8 cm³/mol. The molecule has 24 heavy (non-hydrogen) atoms. The Labute approximate surface area is 137 Å². The van der Waals surface area contributed by atoms with E-state index in [1.165, 1.54) is 7.11 Å². The Kier molecular flexibility index (Phi) is 8.06. The van der Waals surface area contributed by atoms with Gasteiger partial charge in [-0.1, -0.05) is 0 Å². The highest BCUT2D eigenvalue weighted by Crippen LogP contribution is 2.47. The van der Waals surface area contributed by atoms with Crippen molar-refractivity contribution >= 4 is 19.9 Å². The van der Waals surface area contributed by atoms with Gasteiger partial charge >= 0.3 is 7.82 Å². The number of aliphatic hydroxyl groups is 4. The van der Waals surface area contributed by atoms with Gasteiger partial charge in [-0.25, -0.2) is 4.57 Å². The molecule has 1 saturated carbocycles. The Bertz CT molecular complexity index is 484. The van der Waals surface area contributed by atoms with E-state index in [1.54, 1.807) is 0 Å². The molecule has 11 nitrogen and oxygen atoms in total. The van der Waals surface area contributed by atoms with Crippen LogP contribution in [0.5, 0.6) is 0 Å². The van der Waals surface area contributed by atoms with Crippen LogP contribution in [0.1, 0.15) is 12.8 Å². The van der Waals surface area contributed by atoms with E-state index in [-0.39, 0.29) is 19.1 Å². The fourth-order valence-electron chi connectivity index (χ4n) is 2.15. The van der Waals surface area contributed by atoms with Gasteiger partial charge in [0, 0.05) is 20.0 Å². The number of methoxy groups -OCH3 is 1. The van der Waals surface area contributed by atoms with Crippen LogP contribution in [0.3, 0.4) is 0 Å². The van der Waals surface area contributed by atoms with Gasteiger partial charge in [0.15, 0.2) is 12.1 Å². The number of carbonyl (C=O) groups is 2. The van der Waals surface area contributed by atoms with E-state index in [4.69, 9.17) is 4.74 Å². The molecule has 140 valence electrons. The van der Waals surface area contributed by atoms with Crippen molar-refractivity contribution < 1.29 is 53.3 Å². The van der Waals surface area contributed by atoms with Crippen LogP contribution in [0.25, 0.3) is 0 Å². The molecule has 0 aromatic carbocycles. The van der Waals surface area contributed by atoms with E-state index in [9.17, 15) is 39.5 Å². The Hall–Kier alpha value is -0.750. The SMILES string of the molecule is CO[C@@H](COP(=O)(O)O[C@@H]1[C@@H](O)[C@H](O)[C@@H](O)C[C@@H]1O)CC(=O)C=O. The molecule has 1 rings (SSSR count). The summed E-state index contributed by atoms with van der Waals surface area (Å²) < 4.78 is 26.0. The fourth-order valence-corrected chi connectivity index (χ4v) is 3.14. The number of aliphatic hydroxyl groups excluding tert-OH is 4. The molecule has 5 N–H and O–H groups in total. The van der Waals surface area contributed by atoms with Crippen molar-refractivity contribution in [2.75, 3.05) is 13.7 Å². The minimum absolute atomic E-state index is 0.0719. The van der Waals surface area contributed by atoms with Crippen molar-refractivity contribution in [2.45, 2.75) is 49.5 Å². The molecule has 0 aromatic rings. The zero-order valence-electron chi connectivity index (χ0n) is 12.8. The maximum absolute atomic E-state index is 11.9. The topological polar surface area (TPSA) is 180 Å². The Balaban J connectivity index is 2.63. The molecule has 0 spiro atoms. The molecule has 0 saturated heterocycles. The van der Waals surface area contributed by atoms with Gasteiger partial charge in [0.05, 0.1) is 24.9 Å². The fraction of sp³-hybridized carbons (Fsp3) is 0.833. The average molecular weight is 372 g/mol. The lowest BCUT2D eigenvalue weighted by Gasteiger charge is -2.38. The quantitative estimate of drug-likeness (QED) is 0.164. The predicted octanol–water partition coefficient (Wildman–Crippen LogP) is -2.49. The van der Waals surface area contributed by atoms with Crippen LogP contribution in [0.4, 0.5) is 0 Å². The van der Waals surface area contributed by atoms with Crippen LogP contribution in [-0.2, 0) is 27.9 Å². The summed E-state index contributed by atoms with van der Waals surface area (Å²) in [7, 11) is -3.60. The number of ether oxygens (including phenoxy) is 1. The molecule has 7 atom stereocenters. The molecule has 0 amide bonds. The van der Waals surface area contributed by atoms with Gasteiger partial charge in [-0.15, -0.1) is 0 Å². The lowest BCUT2D eigenvalue weighted by atomic mass is 9.87. The summed E-state index contributed by atoms with van der Waals surface area (Å²) >= 11 is 0. The van der Waals surface area contributed by atoms with Crippen molar-refractivity contribution in [3.63, 3.8) is 0 Å². The Morgan fingerprint density at radius 1 is 1.25 bits per heavy atom. The lowest BCUT2D eigenvalue weighted by molar-refractivity contribution is -0.173. The van der Waals surface area contributed by atoms with E-state index < -0.39 is 56.8 Å². The van der Waals surface area contributed by atoms with E-state index in [0.717, 1.165) is 0 Å². The van der Waals surface area contributed by atoms with Crippen LogP contribution in [-0.4, -0.2) is 87.7 Å². The van der Waals surface area contributed by atoms with Crippen molar-refractivity contribution in [1.29, 1.82) is 0 Å². The molecule has 0 aromatic heterocycles. The number of ketones is 1. The number of rotatable bonds is 9. The highest BCUT2D eigenvalue weighted by atomic mass is 31.2. The van der Waals surface area contributed by atoms with Gasteiger partial charge in [-0.05, 0) is 0 Å². The second kappa shape index (κ2) is 9.09. The number of hydrogen-bond acceptors (Lipinski definition) is 10. The molecule has 12 heteroatoms. The Morgan fingerprint density at radius 3 is 2.42 bits per heavy atom. The first-order chi connectivity index (χ1) is 11.1. The minimum atomic E-state index is -4.79. The van der Waals surface area contributed by atoms with Gasteiger partial charge in [0.2, 0.25) is 0 Å². The third kappa shape index (κ3) is 5.96. The number of carbonyl (C=O) groups excluding carboxylic acids is 2. The second-order valence-corrected chi connectivity index (χ2v) is 6.74. The number of phosphoric acid groups is 1. The molecule has 0 bridgehead atoms. The number of hydrogen-bond donors (Lipinski definition) is 5. The average Bonchev–Trinajstić information content (AvgIpc) is 2.53. The molecule has 1 unspecified atom stereocenters. The van der Waals surface area contributed by atoms with Crippen molar-refractivity contribution in [3.8, 4) is 0 Å². The summed E-state index contributed by atoms with van der Waals surface area (Å²) in [6, 6.07) is 0. The number of aldehydes is 1. The summed E-state index contributed by atoms with van der Waals surface area (Å²) in [6.07, 6.45) is -9.76. The van der Waals surface area contributed by atoms with Crippen molar-refractivity contribution in [2.24, 2.45) is 0 Å². The summed E-state index contributed by atoms with van der Waals surface area (Å²) in [4.78, 5) is 30.9. The molecular weight excluding hydrogens is 351 g/mol. The zero-order valence-corrected chi connectivity index (χ0v) is 13.7. The first-order valence-electron chi connectivity index (χ1n) is 7.00. The van der Waals surface area contributed by atoms with Gasteiger partial charge < -0.3 is 30.1 Å². The van der Waals surface area contributed by atoms with E-state index in [2.05, 4.69) is 9.05 Å². The minimum Gasteiger partial charge on any atom is -0.390 e. The second-order valence-electron chi connectivity index (χ2n) is 5.33. The molecule has 0 aliphatic heterocycles. The zero-order chi connectivity index (χ0) is 18.5. The summed E-state index contributed by atoms with van der Waals surface area (Å²) in [5.41, 5.74) is 0. The van der Waals surface area contributed by atoms with E-state index in [0.29, 0.717) is 0 Å². The van der Waals surface area contributed by atoms with Crippen LogP contribution < -0.4 is 0 Å². The normalized spacial score (nSPS) is 34.3. The maximum atomic E-state index is 11.9. The lowest BCUT2D eigenvalue weighted by Crippen LogP contribution is -2.56. The molecule has 1 aliphatic carbocycles. The van der Waals surface area contributed by atoms with Gasteiger partial charge in [-0.2, -0.15) is 0 Å². The highest BCUT2D eigenvalue weighted by molar-refractivity contribution is 7.47. The number of phosphoric ester groups is 1. The standard InChI is InChI=1S/C12H21O11P/c1-21-7(2-6(14)4-13)5-22-24(19,20)23-12-9(16)3-8(15)10(17)11(12)18/h4,7-12,15-18H,2-3,5H2,1H3,(H,19,20)/t7-,8+,9+,10-,11+,12+/m1/s1. The van der Waals surface area contributed by atoms with Crippen molar-refractivity contribution in [1.82, 2.24) is 0 Å². The first kappa shape index (κ1) is 21.3. The monoisotopic (exact) mass is 372 g/mol. The van der Waals surface area contributed by atoms with Crippen LogP contribution in [0.2, 0.25) is 0 Å². The molecule has 1 aliphatic rings. The van der Waals surface area contributed by atoms with Gasteiger partial charge in [-0.3, -0.25) is 18.6 Å². The smallest absolute Gasteiger partial charge is 0.390 e. The Morgan fingerprint density at radius 2 is 1.88 bits per heavy atom. The highest BCUT2D eigenvalue weighted by Gasteiger charge is 2.46. The van der Waals surface area contributed by atoms with Crippen LogP contribution >= 0.6 is 7.82 Å². The van der Waals surface area contributed by atoms with E-state index in [1.807, 2.05) is 0 Å². The first-order valence-corrected chi connectivity index (χ1v) is 8.49. The molecule has 0 heterocycles. The molecule has 0 radical (unpaired) electrons. The van der Waals surface area contributed by atoms with Gasteiger partial charge in [0.25, 0.3) is 0 Å². The van der Waals surface area contributed by atoms with Crippen LogP contribution in [0, 0.1) is 0 Å². The third-order valence-corrected chi connectivity index (χ3v) is 4.50. The third-order valence-electron chi connectivity index (χ3n) is 3.52. The largest absolute Gasteiger partial charge is 0.472 e. The summed E-state index contributed by atoms with van der Waals surface area (Å²) in [5, 5.41) is 38.3. The molecular formula is C12H21O11P. The van der Waals surface area contributed by atoms with Crippen LogP contribution in [0.15, 0.2) is 0 Å². The van der Waals surface area contributed by atoms with Crippen molar-refractivity contribution in [3.05, 3.63) is 0 Å². The summed E-state index contributed by atoms with van der Waals surface area (Å²) in [5.74, 6) is -0.797. The number of Topliss-reactive ketones (excluding diaryl/α,β-unsaturated/α-hetero) is 1. The summed E-state index contributed by atoms with van der Waals surface area (Å²) in [6.45, 7) is -0.575. The van der Waals surface area contributed by atoms with Gasteiger partial charge in [0.1, 0.15) is 18.3 Å².